The molecule has 0 bridgehead atoms. The zero-order valence-electron chi connectivity index (χ0n) is 11.4. The number of carbonyl (C=O) groups is 2. The predicted octanol–water partition coefficient (Wildman–Crippen LogP) is 2.92. The average Bonchev–Trinajstić information content (AvgIpc) is 3.05. The molecule has 0 aromatic heterocycles. The molecule has 3 aliphatic rings. The average molecular weight is 364 g/mol. The predicted molar refractivity (Wildman–Crippen MR) is 80.0 cm³/mol. The van der Waals surface area contributed by atoms with Gasteiger partial charge in [-0.2, -0.15) is 0 Å². The van der Waals surface area contributed by atoms with Crippen LogP contribution >= 0.6 is 15.9 Å². The molecule has 1 unspecified atom stereocenters. The van der Waals surface area contributed by atoms with Gasteiger partial charge in [0.1, 0.15) is 18.2 Å². The first kappa shape index (κ1) is 13.8. The van der Waals surface area contributed by atoms with Crippen LogP contribution in [0.25, 0.3) is 0 Å². The monoisotopic (exact) mass is 363 g/mol. The van der Waals surface area contributed by atoms with Crippen molar-refractivity contribution in [2.24, 2.45) is 10.9 Å². The third-order valence-corrected chi connectivity index (χ3v) is 5.04. The van der Waals surface area contributed by atoms with E-state index in [1.165, 1.54) is 6.07 Å². The molecule has 4 nitrogen and oxygen atoms in total. The van der Waals surface area contributed by atoms with Crippen LogP contribution in [0.1, 0.15) is 24.3 Å². The van der Waals surface area contributed by atoms with Crippen LogP contribution in [-0.4, -0.2) is 24.1 Å². The molecule has 0 N–H and O–H groups in total. The second kappa shape index (κ2) is 4.84. The van der Waals surface area contributed by atoms with Crippen molar-refractivity contribution in [1.82, 2.24) is 0 Å². The molecule has 1 fully saturated rings. The lowest BCUT2D eigenvalue weighted by Gasteiger charge is -2.27. The van der Waals surface area contributed by atoms with Crippen molar-refractivity contribution >= 4 is 33.4 Å². The maximum Gasteiger partial charge on any atom is 0.337 e. The van der Waals surface area contributed by atoms with Crippen molar-refractivity contribution in [3.05, 3.63) is 45.3 Å². The van der Waals surface area contributed by atoms with E-state index in [4.69, 9.17) is 4.74 Å². The number of ketones is 1. The van der Waals surface area contributed by atoms with Gasteiger partial charge in [0, 0.05) is 18.1 Å². The molecule has 0 radical (unpaired) electrons. The van der Waals surface area contributed by atoms with Gasteiger partial charge in [0.25, 0.3) is 0 Å². The number of halogens is 2. The zero-order valence-corrected chi connectivity index (χ0v) is 13.0. The Morgan fingerprint density at radius 2 is 2.05 bits per heavy atom. The van der Waals surface area contributed by atoms with Gasteiger partial charge in [-0.3, -0.25) is 9.79 Å². The topological polar surface area (TPSA) is 55.7 Å². The van der Waals surface area contributed by atoms with Crippen molar-refractivity contribution in [3.8, 4) is 0 Å². The van der Waals surface area contributed by atoms with E-state index >= 15 is 0 Å². The molecule has 1 aromatic carbocycles. The van der Waals surface area contributed by atoms with Gasteiger partial charge in [0.15, 0.2) is 0 Å². The number of fused-ring (bicyclic) bond motifs is 1. The Morgan fingerprint density at radius 1 is 1.23 bits per heavy atom. The molecule has 112 valence electrons. The highest BCUT2D eigenvalue weighted by Gasteiger charge is 2.47. The molecule has 0 amide bonds. The summed E-state index contributed by atoms with van der Waals surface area (Å²) in [5.74, 6) is -1.58. The maximum atomic E-state index is 13.5. The SMILES string of the molecule is O=C1OCC2=C1[C@H](c1ccc(F)c(Br)c1)C1C(=O)CCC1=N2. The van der Waals surface area contributed by atoms with E-state index in [0.717, 1.165) is 11.3 Å². The second-order valence-electron chi connectivity index (χ2n) is 5.63. The molecular formula is C16H11BrFNO3. The fourth-order valence-corrected chi connectivity index (χ4v) is 3.86. The van der Waals surface area contributed by atoms with Crippen LogP contribution in [0.15, 0.2) is 38.9 Å². The van der Waals surface area contributed by atoms with Gasteiger partial charge in [-0.1, -0.05) is 6.07 Å². The summed E-state index contributed by atoms with van der Waals surface area (Å²) in [6.07, 6.45) is 1.06. The quantitative estimate of drug-likeness (QED) is 0.720. The van der Waals surface area contributed by atoms with Gasteiger partial charge in [-0.15, -0.1) is 0 Å². The maximum absolute atomic E-state index is 13.5. The van der Waals surface area contributed by atoms with E-state index in [1.54, 1.807) is 12.1 Å². The van der Waals surface area contributed by atoms with Gasteiger partial charge in [-0.05, 0) is 40.0 Å². The van der Waals surface area contributed by atoms with Crippen LogP contribution in [0.5, 0.6) is 0 Å². The molecule has 1 aromatic rings. The normalized spacial score (nSPS) is 26.7. The van der Waals surface area contributed by atoms with Gasteiger partial charge >= 0.3 is 5.97 Å². The summed E-state index contributed by atoms with van der Waals surface area (Å²) in [5.41, 5.74) is 2.60. The molecule has 1 saturated carbocycles. The van der Waals surface area contributed by atoms with Gasteiger partial charge in [-0.25, -0.2) is 9.18 Å². The number of carbonyl (C=O) groups excluding carboxylic acids is 2. The first-order valence-electron chi connectivity index (χ1n) is 7.01. The number of nitrogens with zero attached hydrogens (tertiary/aromatic N) is 1. The van der Waals surface area contributed by atoms with Crippen LogP contribution < -0.4 is 0 Å². The Morgan fingerprint density at radius 3 is 2.82 bits per heavy atom. The number of ether oxygens (including phenoxy) is 1. The number of hydrogen-bond acceptors (Lipinski definition) is 4. The van der Waals surface area contributed by atoms with Crippen LogP contribution in [0.4, 0.5) is 4.39 Å². The van der Waals surface area contributed by atoms with Crippen molar-refractivity contribution in [2.75, 3.05) is 6.61 Å². The highest BCUT2D eigenvalue weighted by Crippen LogP contribution is 2.46. The van der Waals surface area contributed by atoms with Crippen LogP contribution in [0, 0.1) is 11.7 Å². The Kier molecular flexibility index (Phi) is 3.04. The summed E-state index contributed by atoms with van der Waals surface area (Å²) in [6, 6.07) is 4.59. The Labute approximate surface area is 134 Å². The summed E-state index contributed by atoms with van der Waals surface area (Å²) in [7, 11) is 0. The van der Waals surface area contributed by atoms with E-state index < -0.39 is 17.8 Å². The number of benzene rings is 1. The first-order valence-corrected chi connectivity index (χ1v) is 7.81. The molecule has 1 aliphatic carbocycles. The first-order chi connectivity index (χ1) is 10.6. The largest absolute Gasteiger partial charge is 0.456 e. The number of rotatable bonds is 1. The molecule has 22 heavy (non-hydrogen) atoms. The number of aliphatic imine (C=N–C) groups is 1. The van der Waals surface area contributed by atoms with Gasteiger partial charge in [0.05, 0.1) is 21.7 Å². The lowest BCUT2D eigenvalue weighted by molar-refractivity contribution is -0.136. The summed E-state index contributed by atoms with van der Waals surface area (Å²) in [6.45, 7) is 0.150. The Balaban J connectivity index is 1.90. The lowest BCUT2D eigenvalue weighted by atomic mass is 9.76. The number of esters is 1. The minimum Gasteiger partial charge on any atom is -0.456 e. The minimum atomic E-state index is -0.429. The summed E-state index contributed by atoms with van der Waals surface area (Å²) in [4.78, 5) is 28.9. The summed E-state index contributed by atoms with van der Waals surface area (Å²) < 4.78 is 18.9. The summed E-state index contributed by atoms with van der Waals surface area (Å²) >= 11 is 3.17. The molecule has 2 heterocycles. The van der Waals surface area contributed by atoms with E-state index in [2.05, 4.69) is 20.9 Å². The van der Waals surface area contributed by atoms with Gasteiger partial charge < -0.3 is 4.74 Å². The Hall–Kier alpha value is -1.82. The standard InChI is InChI=1S/C16H11BrFNO3/c17-8-5-7(1-2-9(8)18)13-14-10(3-4-12(14)20)19-11-6-22-16(21)15(11)13/h1-2,5,13-14H,3-4,6H2/t13-,14?/m1/s1. The molecule has 2 aliphatic heterocycles. The van der Waals surface area contributed by atoms with E-state index in [0.29, 0.717) is 28.6 Å². The molecule has 4 rings (SSSR count). The van der Waals surface area contributed by atoms with E-state index in [1.807, 2.05) is 0 Å². The summed E-state index contributed by atoms with van der Waals surface area (Å²) in [5, 5.41) is 0. The third-order valence-electron chi connectivity index (χ3n) is 4.43. The van der Waals surface area contributed by atoms with Crippen molar-refractivity contribution in [3.63, 3.8) is 0 Å². The highest BCUT2D eigenvalue weighted by molar-refractivity contribution is 9.10. The smallest absolute Gasteiger partial charge is 0.337 e. The van der Waals surface area contributed by atoms with Crippen molar-refractivity contribution in [1.29, 1.82) is 0 Å². The van der Waals surface area contributed by atoms with Crippen molar-refractivity contribution in [2.45, 2.75) is 18.8 Å². The van der Waals surface area contributed by atoms with Crippen LogP contribution in [0.2, 0.25) is 0 Å². The Bertz CT molecular complexity index is 784. The molecule has 0 spiro atoms. The number of Topliss-reactive ketones (excluding diaryl/α,β-unsaturated/α-hetero) is 1. The van der Waals surface area contributed by atoms with Crippen LogP contribution in [0.3, 0.4) is 0 Å². The fourth-order valence-electron chi connectivity index (χ4n) is 3.46. The number of cyclic esters (lactones) is 1. The lowest BCUT2D eigenvalue weighted by Crippen LogP contribution is -2.29. The number of hydrogen-bond donors (Lipinski definition) is 0. The van der Waals surface area contributed by atoms with E-state index in [9.17, 15) is 14.0 Å². The van der Waals surface area contributed by atoms with Crippen molar-refractivity contribution < 1.29 is 18.7 Å². The second-order valence-corrected chi connectivity index (χ2v) is 6.49. The molecular weight excluding hydrogens is 353 g/mol. The highest BCUT2D eigenvalue weighted by atomic mass is 79.9. The van der Waals surface area contributed by atoms with E-state index in [-0.39, 0.29) is 18.2 Å². The zero-order chi connectivity index (χ0) is 15.4. The van der Waals surface area contributed by atoms with Crippen LogP contribution in [-0.2, 0) is 14.3 Å². The van der Waals surface area contributed by atoms with Gasteiger partial charge in [0.2, 0.25) is 0 Å². The molecule has 6 heteroatoms. The molecule has 0 saturated heterocycles. The third kappa shape index (κ3) is 1.90. The fraction of sp³-hybridized carbons (Fsp3) is 0.312. The molecule has 2 atom stereocenters. The minimum absolute atomic E-state index is 0.0791.